The molecule has 0 aliphatic heterocycles. The van der Waals surface area contributed by atoms with E-state index in [0.717, 1.165) is 35.1 Å². The van der Waals surface area contributed by atoms with Crippen molar-refractivity contribution in [3.05, 3.63) is 64.5 Å². The maximum atomic E-state index is 13.3. The second-order valence-electron chi connectivity index (χ2n) is 7.96. The average Bonchev–Trinajstić information content (AvgIpc) is 2.74. The lowest BCUT2D eigenvalue weighted by atomic mass is 10.1. The molecule has 0 spiro atoms. The van der Waals surface area contributed by atoms with Crippen LogP contribution in [-0.2, 0) is 16.1 Å². The second kappa shape index (κ2) is 11.5. The van der Waals surface area contributed by atoms with Crippen LogP contribution in [0.2, 0.25) is 0 Å². The van der Waals surface area contributed by atoms with E-state index >= 15 is 0 Å². The number of hydrogen-bond acceptors (Lipinski definition) is 3. The first-order chi connectivity index (χ1) is 14.7. The van der Waals surface area contributed by atoms with Crippen molar-refractivity contribution >= 4 is 11.8 Å². The van der Waals surface area contributed by atoms with E-state index in [1.54, 1.807) is 19.1 Å². The summed E-state index contributed by atoms with van der Waals surface area (Å²) in [5, 5.41) is 2.88. The summed E-state index contributed by atoms with van der Waals surface area (Å²) < 4.78 is 19.1. The van der Waals surface area contributed by atoms with Gasteiger partial charge in [0.15, 0.2) is 6.61 Å². The highest BCUT2D eigenvalue weighted by molar-refractivity contribution is 5.88. The van der Waals surface area contributed by atoms with Gasteiger partial charge in [0.05, 0.1) is 0 Å². The van der Waals surface area contributed by atoms with E-state index in [4.69, 9.17) is 4.74 Å². The number of halogens is 1. The lowest BCUT2D eigenvalue weighted by Gasteiger charge is -2.29. The number of benzene rings is 2. The summed E-state index contributed by atoms with van der Waals surface area (Å²) in [4.78, 5) is 27.2. The second-order valence-corrected chi connectivity index (χ2v) is 7.96. The van der Waals surface area contributed by atoms with Crippen LogP contribution in [0.1, 0.15) is 48.9 Å². The summed E-state index contributed by atoms with van der Waals surface area (Å²) >= 11 is 0. The van der Waals surface area contributed by atoms with Crippen LogP contribution in [0, 0.1) is 26.6 Å². The van der Waals surface area contributed by atoms with Crippen molar-refractivity contribution in [1.82, 2.24) is 10.2 Å². The molecule has 0 aromatic heterocycles. The molecule has 0 aliphatic rings. The third-order valence-electron chi connectivity index (χ3n) is 5.38. The minimum Gasteiger partial charge on any atom is -0.483 e. The minimum absolute atomic E-state index is 0.183. The minimum atomic E-state index is -0.682. The van der Waals surface area contributed by atoms with Crippen molar-refractivity contribution in [3.8, 4) is 5.75 Å². The lowest BCUT2D eigenvalue weighted by molar-refractivity contribution is -0.142. The molecular formula is C25H33FN2O3. The van der Waals surface area contributed by atoms with Crippen molar-refractivity contribution in [2.45, 2.75) is 60.0 Å². The fourth-order valence-corrected chi connectivity index (χ4v) is 3.28. The molecular weight excluding hydrogens is 395 g/mol. The normalized spacial score (nSPS) is 11.7. The third-order valence-corrected chi connectivity index (χ3v) is 5.38. The Hall–Kier alpha value is -2.89. The Labute approximate surface area is 184 Å². The van der Waals surface area contributed by atoms with Gasteiger partial charge in [-0.25, -0.2) is 4.39 Å². The number of carbonyl (C=O) groups is 2. The number of hydrogen-bond donors (Lipinski definition) is 1. The van der Waals surface area contributed by atoms with Gasteiger partial charge in [-0.3, -0.25) is 9.59 Å². The van der Waals surface area contributed by atoms with E-state index in [0.29, 0.717) is 12.3 Å². The molecule has 6 heteroatoms. The highest BCUT2D eigenvalue weighted by atomic mass is 19.1. The number of amides is 2. The zero-order valence-corrected chi connectivity index (χ0v) is 19.1. The molecule has 1 N–H and O–H groups in total. The first-order valence-corrected chi connectivity index (χ1v) is 10.7. The predicted molar refractivity (Wildman–Crippen MR) is 120 cm³/mol. The Morgan fingerprint density at radius 1 is 1.13 bits per heavy atom. The van der Waals surface area contributed by atoms with Crippen molar-refractivity contribution in [2.24, 2.45) is 0 Å². The number of carbonyl (C=O) groups excluding carboxylic acids is 2. The third kappa shape index (κ3) is 7.09. The number of aryl methyl sites for hydroxylation is 2. The van der Waals surface area contributed by atoms with Gasteiger partial charge < -0.3 is 15.0 Å². The van der Waals surface area contributed by atoms with E-state index in [9.17, 15) is 14.0 Å². The monoisotopic (exact) mass is 428 g/mol. The summed E-state index contributed by atoms with van der Waals surface area (Å²) in [6.45, 7) is 10.3. The molecule has 1 atom stereocenters. The molecule has 0 saturated carbocycles. The molecule has 0 radical (unpaired) electrons. The highest BCUT2D eigenvalue weighted by Gasteiger charge is 2.26. The lowest BCUT2D eigenvalue weighted by Crippen LogP contribution is -2.49. The maximum absolute atomic E-state index is 13.3. The first-order valence-electron chi connectivity index (χ1n) is 10.7. The molecule has 1 unspecified atom stereocenters. The van der Waals surface area contributed by atoms with Gasteiger partial charge in [-0.05, 0) is 74.6 Å². The van der Waals surface area contributed by atoms with Crippen LogP contribution in [0.3, 0.4) is 0 Å². The van der Waals surface area contributed by atoms with Gasteiger partial charge in [0, 0.05) is 13.1 Å². The Morgan fingerprint density at radius 3 is 2.45 bits per heavy atom. The maximum Gasteiger partial charge on any atom is 0.261 e. The van der Waals surface area contributed by atoms with Crippen LogP contribution >= 0.6 is 0 Å². The first kappa shape index (κ1) is 24.4. The Kier molecular flexibility index (Phi) is 9.03. The van der Waals surface area contributed by atoms with E-state index in [2.05, 4.69) is 11.4 Å². The smallest absolute Gasteiger partial charge is 0.261 e. The predicted octanol–water partition coefficient (Wildman–Crippen LogP) is 4.46. The van der Waals surface area contributed by atoms with Gasteiger partial charge in [0.2, 0.25) is 5.91 Å². The molecule has 168 valence electrons. The summed E-state index contributed by atoms with van der Waals surface area (Å²) in [6.07, 6.45) is 1.84. The van der Waals surface area contributed by atoms with Crippen LogP contribution in [0.15, 0.2) is 36.4 Å². The van der Waals surface area contributed by atoms with Gasteiger partial charge in [-0.1, -0.05) is 31.5 Å². The van der Waals surface area contributed by atoms with Crippen molar-refractivity contribution < 1.29 is 18.7 Å². The number of nitrogens with zero attached hydrogens (tertiary/aromatic N) is 1. The number of rotatable bonds is 10. The largest absolute Gasteiger partial charge is 0.483 e. The molecule has 0 saturated heterocycles. The molecule has 0 bridgehead atoms. The zero-order valence-electron chi connectivity index (χ0n) is 19.1. The molecule has 5 nitrogen and oxygen atoms in total. The van der Waals surface area contributed by atoms with Gasteiger partial charge in [-0.2, -0.15) is 0 Å². The number of ether oxygens (including phenoxy) is 1. The Bertz CT molecular complexity index is 896. The summed E-state index contributed by atoms with van der Waals surface area (Å²) in [7, 11) is 0. The molecule has 2 rings (SSSR count). The Balaban J connectivity index is 2.16. The van der Waals surface area contributed by atoms with Crippen molar-refractivity contribution in [2.75, 3.05) is 13.2 Å². The highest BCUT2D eigenvalue weighted by Crippen LogP contribution is 2.23. The van der Waals surface area contributed by atoms with Gasteiger partial charge in [0.1, 0.15) is 17.6 Å². The summed E-state index contributed by atoms with van der Waals surface area (Å²) in [6, 6.07) is 9.21. The van der Waals surface area contributed by atoms with Crippen LogP contribution < -0.4 is 10.1 Å². The molecule has 2 aromatic rings. The summed E-state index contributed by atoms with van der Waals surface area (Å²) in [5.41, 5.74) is 3.87. The fourth-order valence-electron chi connectivity index (χ4n) is 3.28. The molecule has 31 heavy (non-hydrogen) atoms. The van der Waals surface area contributed by atoms with Gasteiger partial charge >= 0.3 is 0 Å². The van der Waals surface area contributed by atoms with Crippen LogP contribution in [0.5, 0.6) is 5.75 Å². The summed E-state index contributed by atoms with van der Waals surface area (Å²) in [5.74, 6) is -0.208. The molecule has 0 fully saturated rings. The van der Waals surface area contributed by atoms with E-state index < -0.39 is 6.04 Å². The SMILES string of the molecule is CCCCNC(=O)C(C)N(Cc1ccc(F)cc1)C(=O)COc1cc(C)cc(C)c1C. The van der Waals surface area contributed by atoms with Crippen molar-refractivity contribution in [3.63, 3.8) is 0 Å². The van der Waals surface area contributed by atoms with Crippen LogP contribution in [-0.4, -0.2) is 35.9 Å². The number of nitrogens with one attached hydrogen (secondary N) is 1. The topological polar surface area (TPSA) is 58.6 Å². The van der Waals surface area contributed by atoms with E-state index in [-0.39, 0.29) is 30.8 Å². The quantitative estimate of drug-likeness (QED) is 0.568. The molecule has 0 aliphatic carbocycles. The standard InChI is InChI=1S/C25H33FN2O3/c1-6-7-12-27-25(30)20(5)28(15-21-8-10-22(26)11-9-21)24(29)16-31-23-14-17(2)13-18(3)19(23)4/h8-11,13-14,20H,6-7,12,15-16H2,1-5H3,(H,27,30). The zero-order chi connectivity index (χ0) is 23.0. The van der Waals surface area contributed by atoms with Crippen LogP contribution in [0.25, 0.3) is 0 Å². The van der Waals surface area contributed by atoms with Crippen molar-refractivity contribution in [1.29, 1.82) is 0 Å². The molecule has 2 amide bonds. The van der Waals surface area contributed by atoms with Gasteiger partial charge in [-0.15, -0.1) is 0 Å². The van der Waals surface area contributed by atoms with E-state index in [1.165, 1.54) is 17.0 Å². The Morgan fingerprint density at radius 2 is 1.81 bits per heavy atom. The average molecular weight is 429 g/mol. The molecule has 0 heterocycles. The van der Waals surface area contributed by atoms with Crippen LogP contribution in [0.4, 0.5) is 4.39 Å². The molecule has 2 aromatic carbocycles. The number of unbranched alkanes of at least 4 members (excludes halogenated alkanes) is 1. The van der Waals surface area contributed by atoms with Gasteiger partial charge in [0.25, 0.3) is 5.91 Å². The van der Waals surface area contributed by atoms with E-state index in [1.807, 2.05) is 33.8 Å². The fraction of sp³-hybridized carbons (Fsp3) is 0.440.